The highest BCUT2D eigenvalue weighted by Gasteiger charge is 2.23. The monoisotopic (exact) mass is 463 g/mol. The number of piperidine rings is 1. The van der Waals surface area contributed by atoms with E-state index in [1.807, 2.05) is 37.3 Å². The number of carbonyl (C=O) groups is 2. The Bertz CT molecular complexity index is 1090. The first-order valence-electron chi connectivity index (χ1n) is 11.3. The summed E-state index contributed by atoms with van der Waals surface area (Å²) in [7, 11) is 0. The highest BCUT2D eigenvalue weighted by Crippen LogP contribution is 2.27. The molecule has 8 heteroatoms. The van der Waals surface area contributed by atoms with Crippen molar-refractivity contribution in [3.63, 3.8) is 0 Å². The number of nitrogens with one attached hydrogen (secondary N) is 1. The molecular formula is C25H29N5O2S. The molecule has 1 aliphatic rings. The molecule has 33 heavy (non-hydrogen) atoms. The zero-order valence-corrected chi connectivity index (χ0v) is 19.8. The summed E-state index contributed by atoms with van der Waals surface area (Å²) >= 11 is 1.39. The van der Waals surface area contributed by atoms with Crippen molar-refractivity contribution < 1.29 is 9.59 Å². The largest absolute Gasteiger partial charge is 0.325 e. The van der Waals surface area contributed by atoms with Crippen molar-refractivity contribution in [1.29, 1.82) is 0 Å². The number of carbonyl (C=O) groups excluding carboxylic acids is 2. The highest BCUT2D eigenvalue weighted by atomic mass is 32.2. The standard InChI is InChI=1S/C25H29N5O2S/c1-18(31)20-11-13-21(14-12-20)26-24(32)19(2)33-25-28-27-23(17-29-15-7-4-8-16-29)30(25)22-9-5-3-6-10-22/h3,5-6,9-14,19H,4,7-8,15-17H2,1-2H3,(H,26,32). The van der Waals surface area contributed by atoms with E-state index in [1.165, 1.54) is 37.9 Å². The third kappa shape index (κ3) is 5.89. The summed E-state index contributed by atoms with van der Waals surface area (Å²) in [5.74, 6) is 0.756. The van der Waals surface area contributed by atoms with Gasteiger partial charge in [0.05, 0.1) is 11.8 Å². The number of aromatic nitrogens is 3. The third-order valence-electron chi connectivity index (χ3n) is 5.74. The van der Waals surface area contributed by atoms with E-state index in [4.69, 9.17) is 0 Å². The maximum Gasteiger partial charge on any atom is 0.237 e. The van der Waals surface area contributed by atoms with Crippen LogP contribution in [0.1, 0.15) is 49.3 Å². The van der Waals surface area contributed by atoms with Gasteiger partial charge in [-0.3, -0.25) is 19.1 Å². The molecule has 1 atom stereocenters. The summed E-state index contributed by atoms with van der Waals surface area (Å²) in [6, 6.07) is 17.0. The molecule has 7 nitrogen and oxygen atoms in total. The molecule has 2 heterocycles. The van der Waals surface area contributed by atoms with Crippen LogP contribution in [0, 0.1) is 0 Å². The molecule has 3 aromatic rings. The molecule has 4 rings (SSSR count). The number of hydrogen-bond donors (Lipinski definition) is 1. The van der Waals surface area contributed by atoms with Crippen molar-refractivity contribution in [1.82, 2.24) is 19.7 Å². The number of rotatable bonds is 8. The number of likely N-dealkylation sites (tertiary alicyclic amines) is 1. The van der Waals surface area contributed by atoms with Crippen LogP contribution in [0.15, 0.2) is 59.8 Å². The van der Waals surface area contributed by atoms with Gasteiger partial charge in [0.15, 0.2) is 16.8 Å². The molecule has 0 radical (unpaired) electrons. The Morgan fingerprint density at radius 1 is 1.00 bits per heavy atom. The first kappa shape index (κ1) is 23.2. The minimum absolute atomic E-state index is 0.00240. The minimum atomic E-state index is -0.382. The fraction of sp³-hybridized carbons (Fsp3) is 0.360. The van der Waals surface area contributed by atoms with Crippen LogP contribution < -0.4 is 5.32 Å². The number of amides is 1. The zero-order valence-electron chi connectivity index (χ0n) is 19.0. The van der Waals surface area contributed by atoms with Gasteiger partial charge in [-0.05, 0) is 76.2 Å². The normalized spacial score (nSPS) is 15.2. The second kappa shape index (κ2) is 10.8. The van der Waals surface area contributed by atoms with Gasteiger partial charge < -0.3 is 5.32 Å². The smallest absolute Gasteiger partial charge is 0.237 e. The lowest BCUT2D eigenvalue weighted by Gasteiger charge is -2.26. The number of benzene rings is 2. The molecule has 2 aromatic carbocycles. The van der Waals surface area contributed by atoms with Gasteiger partial charge in [-0.15, -0.1) is 10.2 Å². The van der Waals surface area contributed by atoms with Gasteiger partial charge in [0.2, 0.25) is 5.91 Å². The number of para-hydroxylation sites is 1. The van der Waals surface area contributed by atoms with Crippen molar-refractivity contribution in [3.8, 4) is 5.69 Å². The average Bonchev–Trinajstić information content (AvgIpc) is 3.22. The van der Waals surface area contributed by atoms with Gasteiger partial charge in [-0.25, -0.2) is 0 Å². The maximum absolute atomic E-state index is 12.8. The average molecular weight is 464 g/mol. The van der Waals surface area contributed by atoms with Crippen molar-refractivity contribution in [2.45, 2.75) is 50.1 Å². The molecule has 1 fully saturated rings. The summed E-state index contributed by atoms with van der Waals surface area (Å²) in [6.07, 6.45) is 3.71. The van der Waals surface area contributed by atoms with E-state index < -0.39 is 0 Å². The number of ketones is 1. The lowest BCUT2D eigenvalue weighted by molar-refractivity contribution is -0.115. The molecule has 1 N–H and O–H groups in total. The Kier molecular flexibility index (Phi) is 7.57. The Morgan fingerprint density at radius 2 is 1.70 bits per heavy atom. The van der Waals surface area contributed by atoms with E-state index in [0.29, 0.717) is 16.4 Å². The van der Waals surface area contributed by atoms with Crippen LogP contribution in [0.25, 0.3) is 5.69 Å². The van der Waals surface area contributed by atoms with E-state index in [9.17, 15) is 9.59 Å². The Labute approximate surface area is 198 Å². The molecule has 0 spiro atoms. The number of nitrogens with zero attached hydrogens (tertiary/aromatic N) is 4. The van der Waals surface area contributed by atoms with Gasteiger partial charge >= 0.3 is 0 Å². The maximum atomic E-state index is 12.8. The number of thioether (sulfide) groups is 1. The van der Waals surface area contributed by atoms with E-state index in [1.54, 1.807) is 24.3 Å². The lowest BCUT2D eigenvalue weighted by atomic mass is 10.1. The van der Waals surface area contributed by atoms with Crippen LogP contribution >= 0.6 is 11.8 Å². The lowest BCUT2D eigenvalue weighted by Crippen LogP contribution is -2.30. The predicted molar refractivity (Wildman–Crippen MR) is 131 cm³/mol. The van der Waals surface area contributed by atoms with Crippen molar-refractivity contribution >= 4 is 29.1 Å². The first-order valence-corrected chi connectivity index (χ1v) is 12.2. The van der Waals surface area contributed by atoms with Crippen LogP contribution in [-0.4, -0.2) is 49.7 Å². The molecule has 0 aliphatic carbocycles. The molecule has 1 aliphatic heterocycles. The number of anilines is 1. The van der Waals surface area contributed by atoms with Gasteiger partial charge in [-0.2, -0.15) is 0 Å². The summed E-state index contributed by atoms with van der Waals surface area (Å²) < 4.78 is 2.06. The van der Waals surface area contributed by atoms with Crippen molar-refractivity contribution in [3.05, 3.63) is 66.0 Å². The van der Waals surface area contributed by atoms with E-state index in [-0.39, 0.29) is 16.9 Å². The van der Waals surface area contributed by atoms with E-state index >= 15 is 0 Å². The molecule has 1 aromatic heterocycles. The summed E-state index contributed by atoms with van der Waals surface area (Å²) in [5.41, 5.74) is 2.27. The van der Waals surface area contributed by atoms with Gasteiger partial charge in [-0.1, -0.05) is 36.4 Å². The van der Waals surface area contributed by atoms with Crippen LogP contribution in [0.4, 0.5) is 5.69 Å². The summed E-state index contributed by atoms with van der Waals surface area (Å²) in [5, 5.41) is 12.2. The SMILES string of the molecule is CC(=O)c1ccc(NC(=O)C(C)Sc2nnc(CN3CCCCC3)n2-c2ccccc2)cc1. The van der Waals surface area contributed by atoms with Crippen LogP contribution in [0.5, 0.6) is 0 Å². The molecule has 0 bridgehead atoms. The van der Waals surface area contributed by atoms with Crippen molar-refractivity contribution in [2.75, 3.05) is 18.4 Å². The Balaban J connectivity index is 1.50. The summed E-state index contributed by atoms with van der Waals surface area (Å²) in [4.78, 5) is 26.7. The van der Waals surface area contributed by atoms with Crippen LogP contribution in [-0.2, 0) is 11.3 Å². The Morgan fingerprint density at radius 3 is 2.36 bits per heavy atom. The minimum Gasteiger partial charge on any atom is -0.325 e. The number of hydrogen-bond acceptors (Lipinski definition) is 6. The molecule has 0 saturated carbocycles. The van der Waals surface area contributed by atoms with Crippen molar-refractivity contribution in [2.24, 2.45) is 0 Å². The quantitative estimate of drug-likeness (QED) is 0.389. The second-order valence-corrected chi connectivity index (χ2v) is 9.60. The molecule has 1 amide bonds. The molecule has 1 unspecified atom stereocenters. The van der Waals surface area contributed by atoms with Crippen LogP contribution in [0.3, 0.4) is 0 Å². The summed E-state index contributed by atoms with van der Waals surface area (Å²) in [6.45, 7) is 6.27. The van der Waals surface area contributed by atoms with E-state index in [2.05, 4.69) is 25.0 Å². The topological polar surface area (TPSA) is 80.1 Å². The third-order valence-corrected chi connectivity index (χ3v) is 6.78. The van der Waals surface area contributed by atoms with Gasteiger partial charge in [0, 0.05) is 16.9 Å². The van der Waals surface area contributed by atoms with Gasteiger partial charge in [0.25, 0.3) is 0 Å². The second-order valence-electron chi connectivity index (χ2n) is 8.29. The Hall–Kier alpha value is -2.97. The predicted octanol–water partition coefficient (Wildman–Crippen LogP) is 4.58. The fourth-order valence-electron chi connectivity index (χ4n) is 3.88. The molecular weight excluding hydrogens is 434 g/mol. The first-order chi connectivity index (χ1) is 16.0. The zero-order chi connectivity index (χ0) is 23.2. The molecule has 1 saturated heterocycles. The van der Waals surface area contributed by atoms with Crippen LogP contribution in [0.2, 0.25) is 0 Å². The highest BCUT2D eigenvalue weighted by molar-refractivity contribution is 8.00. The van der Waals surface area contributed by atoms with Gasteiger partial charge in [0.1, 0.15) is 0 Å². The fourth-order valence-corrected chi connectivity index (χ4v) is 4.76. The number of Topliss-reactive ketones (excluding diaryl/α,β-unsaturated/α-hetero) is 1. The molecule has 172 valence electrons. The van der Waals surface area contributed by atoms with E-state index in [0.717, 1.165) is 31.1 Å².